The predicted molar refractivity (Wildman–Crippen MR) is 118 cm³/mol. The lowest BCUT2D eigenvalue weighted by molar-refractivity contribution is -0.137. The number of benzene rings is 2. The van der Waals surface area contributed by atoms with Gasteiger partial charge in [0.15, 0.2) is 5.76 Å². The number of rotatable bonds is 8. The Bertz CT molecular complexity index is 1170. The van der Waals surface area contributed by atoms with Crippen LogP contribution in [0.5, 0.6) is 0 Å². The topological polar surface area (TPSA) is 107 Å². The molecule has 7 nitrogen and oxygen atoms in total. The fourth-order valence-electron chi connectivity index (χ4n) is 2.79. The number of nitrogens with one attached hydrogen (secondary N) is 3. The Balaban J connectivity index is 1.69. The van der Waals surface area contributed by atoms with Crippen molar-refractivity contribution in [1.29, 1.82) is 5.26 Å². The van der Waals surface area contributed by atoms with Gasteiger partial charge < -0.3 is 20.4 Å². The van der Waals surface area contributed by atoms with Gasteiger partial charge in [-0.3, -0.25) is 9.59 Å². The number of anilines is 3. The summed E-state index contributed by atoms with van der Waals surface area (Å²) in [4.78, 5) is 25.0. The van der Waals surface area contributed by atoms with E-state index in [1.807, 2.05) is 6.07 Å². The Kier molecular flexibility index (Phi) is 7.63. The van der Waals surface area contributed by atoms with Crippen molar-refractivity contribution in [2.45, 2.75) is 11.1 Å². The highest BCUT2D eigenvalue weighted by molar-refractivity contribution is 7.99. The second-order valence-electron chi connectivity index (χ2n) is 6.53. The van der Waals surface area contributed by atoms with E-state index in [0.717, 1.165) is 12.1 Å². The van der Waals surface area contributed by atoms with Crippen molar-refractivity contribution in [3.05, 3.63) is 72.2 Å². The maximum absolute atomic E-state index is 13.6. The van der Waals surface area contributed by atoms with Gasteiger partial charge in [-0.2, -0.15) is 18.4 Å². The Hall–Kier alpha value is -3.91. The summed E-state index contributed by atoms with van der Waals surface area (Å²) in [6, 6.07) is 14.8. The minimum atomic E-state index is -4.73. The summed E-state index contributed by atoms with van der Waals surface area (Å²) in [5, 5.41) is 16.2. The molecule has 0 saturated carbocycles. The van der Waals surface area contributed by atoms with E-state index < -0.39 is 30.1 Å². The van der Waals surface area contributed by atoms with E-state index in [-0.39, 0.29) is 22.9 Å². The third-order valence-corrected chi connectivity index (χ3v) is 5.16. The van der Waals surface area contributed by atoms with Gasteiger partial charge in [-0.15, -0.1) is 11.8 Å². The number of hydrogen-bond acceptors (Lipinski definition) is 6. The van der Waals surface area contributed by atoms with Crippen LogP contribution in [0.25, 0.3) is 0 Å². The van der Waals surface area contributed by atoms with Crippen LogP contribution in [-0.2, 0) is 11.0 Å². The van der Waals surface area contributed by atoms with E-state index in [1.54, 1.807) is 24.3 Å². The number of nitrogens with zero attached hydrogens (tertiary/aromatic N) is 1. The summed E-state index contributed by atoms with van der Waals surface area (Å²) in [7, 11) is 0. The molecule has 11 heteroatoms. The molecule has 3 rings (SSSR count). The van der Waals surface area contributed by atoms with Crippen molar-refractivity contribution < 1.29 is 27.2 Å². The molecule has 2 aromatic carbocycles. The molecule has 0 radical (unpaired) electrons. The molecule has 0 unspecified atom stereocenters. The first-order valence-electron chi connectivity index (χ1n) is 9.46. The van der Waals surface area contributed by atoms with Crippen molar-refractivity contribution in [3.8, 4) is 6.07 Å². The summed E-state index contributed by atoms with van der Waals surface area (Å²) in [5.41, 5.74) is -0.989. The van der Waals surface area contributed by atoms with Crippen molar-refractivity contribution in [1.82, 2.24) is 0 Å². The van der Waals surface area contributed by atoms with Gasteiger partial charge in [0.25, 0.3) is 5.91 Å². The first-order chi connectivity index (χ1) is 15.8. The number of para-hydroxylation sites is 1. The first-order valence-corrected chi connectivity index (χ1v) is 10.4. The molecule has 3 N–H and O–H groups in total. The molecule has 33 heavy (non-hydrogen) atoms. The van der Waals surface area contributed by atoms with E-state index in [4.69, 9.17) is 9.68 Å². The van der Waals surface area contributed by atoms with Crippen molar-refractivity contribution >= 4 is 40.6 Å². The molecular weight excluding hydrogens is 457 g/mol. The van der Waals surface area contributed by atoms with E-state index in [2.05, 4.69) is 16.0 Å². The number of carbonyl (C=O) groups is 2. The van der Waals surface area contributed by atoms with Crippen LogP contribution in [0.4, 0.5) is 30.2 Å². The summed E-state index contributed by atoms with van der Waals surface area (Å²) in [5.74, 6) is -1.12. The molecular formula is C22H17F3N4O3S. The zero-order chi connectivity index (χ0) is 23.8. The molecule has 0 spiro atoms. The third-order valence-electron chi connectivity index (χ3n) is 4.22. The number of amides is 2. The van der Waals surface area contributed by atoms with Gasteiger partial charge in [-0.1, -0.05) is 12.1 Å². The lowest BCUT2D eigenvalue weighted by Crippen LogP contribution is -2.23. The van der Waals surface area contributed by atoms with Gasteiger partial charge in [0, 0.05) is 16.3 Å². The van der Waals surface area contributed by atoms with Crippen LogP contribution in [0.3, 0.4) is 0 Å². The van der Waals surface area contributed by atoms with Gasteiger partial charge in [-0.05, 0) is 42.5 Å². The summed E-state index contributed by atoms with van der Waals surface area (Å²) >= 11 is 1.23. The Morgan fingerprint density at radius 3 is 2.52 bits per heavy atom. The largest absolute Gasteiger partial charge is 0.459 e. The Morgan fingerprint density at radius 2 is 1.82 bits per heavy atom. The number of hydrogen-bond donors (Lipinski definition) is 3. The molecule has 0 aliphatic carbocycles. The normalized spacial score (nSPS) is 10.8. The average Bonchev–Trinajstić information content (AvgIpc) is 3.32. The third kappa shape index (κ3) is 6.54. The van der Waals surface area contributed by atoms with Crippen LogP contribution < -0.4 is 16.0 Å². The highest BCUT2D eigenvalue weighted by Gasteiger charge is 2.34. The molecule has 0 saturated heterocycles. The lowest BCUT2D eigenvalue weighted by atomic mass is 10.1. The Labute approximate surface area is 191 Å². The average molecular weight is 474 g/mol. The zero-order valence-corrected chi connectivity index (χ0v) is 17.7. The van der Waals surface area contributed by atoms with Crippen LogP contribution in [0, 0.1) is 11.3 Å². The van der Waals surface area contributed by atoms with Crippen LogP contribution in [0.2, 0.25) is 0 Å². The van der Waals surface area contributed by atoms with Crippen LogP contribution in [0.1, 0.15) is 16.1 Å². The molecule has 0 bridgehead atoms. The minimum absolute atomic E-state index is 0.0457. The van der Waals surface area contributed by atoms with Gasteiger partial charge in [0.05, 0.1) is 35.9 Å². The molecule has 0 fully saturated rings. The minimum Gasteiger partial charge on any atom is -0.459 e. The predicted octanol–water partition coefficient (Wildman–Crippen LogP) is 5.22. The molecule has 2 amide bonds. The van der Waals surface area contributed by atoms with Gasteiger partial charge >= 0.3 is 6.18 Å². The molecule has 0 aliphatic heterocycles. The maximum Gasteiger partial charge on any atom is 0.418 e. The Morgan fingerprint density at radius 1 is 1.03 bits per heavy atom. The number of alkyl halides is 3. The van der Waals surface area contributed by atoms with Gasteiger partial charge in [0.1, 0.15) is 0 Å². The second-order valence-corrected chi connectivity index (χ2v) is 7.55. The molecule has 1 heterocycles. The molecule has 0 atom stereocenters. The molecule has 3 aromatic rings. The zero-order valence-electron chi connectivity index (χ0n) is 16.9. The highest BCUT2D eigenvalue weighted by Crippen LogP contribution is 2.36. The van der Waals surface area contributed by atoms with Gasteiger partial charge in [0.2, 0.25) is 5.91 Å². The summed E-state index contributed by atoms with van der Waals surface area (Å²) < 4.78 is 45.7. The molecule has 0 aliphatic rings. The van der Waals surface area contributed by atoms with Crippen LogP contribution in [0.15, 0.2) is 70.2 Å². The van der Waals surface area contributed by atoms with Crippen molar-refractivity contribution in [3.63, 3.8) is 0 Å². The van der Waals surface area contributed by atoms with E-state index in [1.165, 1.54) is 36.2 Å². The van der Waals surface area contributed by atoms with Crippen LogP contribution in [-0.4, -0.2) is 24.1 Å². The number of nitriles is 1. The smallest absolute Gasteiger partial charge is 0.418 e. The summed E-state index contributed by atoms with van der Waals surface area (Å²) in [6.07, 6.45) is -3.46. The van der Waals surface area contributed by atoms with Gasteiger partial charge in [-0.25, -0.2) is 0 Å². The SMILES string of the molecule is N#CCSc1ccccc1NC(=O)CNc1ccc(NC(=O)c2ccco2)cc1C(F)(F)F. The number of halogens is 3. The maximum atomic E-state index is 13.6. The van der Waals surface area contributed by atoms with E-state index >= 15 is 0 Å². The first kappa shape index (κ1) is 23.7. The molecule has 1 aromatic heterocycles. The number of thioether (sulfide) groups is 1. The van der Waals surface area contributed by atoms with E-state index in [0.29, 0.717) is 10.6 Å². The lowest BCUT2D eigenvalue weighted by Gasteiger charge is -2.16. The number of furan rings is 1. The van der Waals surface area contributed by atoms with Crippen LogP contribution >= 0.6 is 11.8 Å². The van der Waals surface area contributed by atoms with Crippen molar-refractivity contribution in [2.75, 3.05) is 28.2 Å². The molecule has 170 valence electrons. The highest BCUT2D eigenvalue weighted by atomic mass is 32.2. The number of carbonyl (C=O) groups excluding carboxylic acids is 2. The monoisotopic (exact) mass is 474 g/mol. The fraction of sp³-hybridized carbons (Fsp3) is 0.136. The second kappa shape index (κ2) is 10.6. The quantitative estimate of drug-likeness (QED) is 0.387. The van der Waals surface area contributed by atoms with E-state index in [9.17, 15) is 22.8 Å². The fourth-order valence-corrected chi connectivity index (χ4v) is 3.46. The summed E-state index contributed by atoms with van der Waals surface area (Å²) in [6.45, 7) is -0.432. The van der Waals surface area contributed by atoms with Crippen molar-refractivity contribution in [2.24, 2.45) is 0 Å². The standard InChI is InChI=1S/C22H17F3N4O3S/c23-22(24,25)15-12-14(28-21(31)18-5-3-10-32-18)7-8-16(15)27-13-20(30)29-17-4-1-2-6-19(17)33-11-9-26/h1-8,10,12,27H,11,13H2,(H,28,31)(H,29,30).